The van der Waals surface area contributed by atoms with Crippen molar-refractivity contribution in [1.82, 2.24) is 10.3 Å². The first-order chi connectivity index (χ1) is 27.8. The number of ketones is 1. The smallest absolute Gasteiger partial charge is 0.303 e. The number of benzene rings is 3. The number of pyridine rings is 1. The number of hydrogen-bond acceptors (Lipinski definition) is 10. The molecule has 0 aliphatic heterocycles. The van der Waals surface area contributed by atoms with Gasteiger partial charge in [-0.15, -0.1) is 0 Å². The third kappa shape index (κ3) is 16.7. The summed E-state index contributed by atoms with van der Waals surface area (Å²) in [6, 6.07) is 23.4. The van der Waals surface area contributed by atoms with Crippen LogP contribution in [0.2, 0.25) is 0 Å². The molecule has 1 amide bonds. The van der Waals surface area contributed by atoms with Gasteiger partial charge in [0.15, 0.2) is 5.78 Å². The van der Waals surface area contributed by atoms with Crippen molar-refractivity contribution in [3.8, 4) is 16.9 Å². The number of carbonyl (C=O) groups is 3. The summed E-state index contributed by atoms with van der Waals surface area (Å²) in [5.41, 5.74) is 12.9. The van der Waals surface area contributed by atoms with Crippen LogP contribution in [0.5, 0.6) is 5.75 Å². The minimum atomic E-state index is -1.00. The lowest BCUT2D eigenvalue weighted by Gasteiger charge is -2.17. The van der Waals surface area contributed by atoms with Gasteiger partial charge in [-0.25, -0.2) is 0 Å². The molecule has 1 atom stereocenters. The van der Waals surface area contributed by atoms with Crippen LogP contribution in [0.25, 0.3) is 32.3 Å². The van der Waals surface area contributed by atoms with Crippen LogP contribution in [0.1, 0.15) is 54.8 Å². The van der Waals surface area contributed by atoms with E-state index in [2.05, 4.69) is 20.3 Å². The van der Waals surface area contributed by atoms with Crippen molar-refractivity contribution in [3.05, 3.63) is 106 Å². The molecule has 57 heavy (non-hydrogen) atoms. The fourth-order valence-corrected chi connectivity index (χ4v) is 6.22. The zero-order valence-electron chi connectivity index (χ0n) is 32.6. The molecule has 14 heteroatoms. The Kier molecular flexibility index (Phi) is 20.0. The van der Waals surface area contributed by atoms with Gasteiger partial charge >= 0.3 is 5.97 Å². The summed E-state index contributed by atoms with van der Waals surface area (Å²) in [6.07, 6.45) is 4.14. The Morgan fingerprint density at radius 1 is 0.807 bits per heavy atom. The highest BCUT2D eigenvalue weighted by atomic mass is 16.6. The Hall–Kier alpha value is -5.37. The van der Waals surface area contributed by atoms with E-state index in [9.17, 15) is 19.5 Å². The molecule has 0 radical (unpaired) electrons. The number of hydrogen-bond donors (Lipinski definition) is 2. The van der Waals surface area contributed by atoms with Crippen molar-refractivity contribution in [3.63, 3.8) is 0 Å². The minimum Gasteiger partial charge on any atom is -0.491 e. The number of nitrogens with zero attached hydrogens (tertiary/aromatic N) is 4. The number of carbonyl (C=O) groups excluding carboxylic acids is 2. The normalized spacial score (nSPS) is 11.5. The summed E-state index contributed by atoms with van der Waals surface area (Å²) in [5, 5.41) is 17.7. The largest absolute Gasteiger partial charge is 0.491 e. The monoisotopic (exact) mass is 783 g/mol. The first-order valence-electron chi connectivity index (χ1n) is 19.3. The Labute approximate surface area is 333 Å². The van der Waals surface area contributed by atoms with Gasteiger partial charge in [-0.3, -0.25) is 19.4 Å². The molecule has 0 saturated carbocycles. The number of aromatic nitrogens is 1. The molecule has 1 heterocycles. The lowest BCUT2D eigenvalue weighted by atomic mass is 9.88. The Bertz CT molecular complexity index is 1920. The second-order valence-corrected chi connectivity index (χ2v) is 13.4. The van der Waals surface area contributed by atoms with Crippen LogP contribution < -0.4 is 10.1 Å². The standard InChI is InChI=1S/C43H53N5O9/c1-32-15-16-45-36(27-32)9-2-3-14-42(50)46-31-37(49)29-35(30-43(51)52)33-7-4-8-34(28-33)38-10-5-12-40-39(38)11-6-13-41(40)57-26-25-56-24-23-55-22-21-54-20-19-53-18-17-47-48-44/h4-8,10-13,15-16,27-28,35H,2-3,9,14,17-26,29-31H2,1H3,(H,46,50)(H,51,52)/t35-/m0/s1. The molecule has 0 aliphatic rings. The van der Waals surface area contributed by atoms with E-state index in [4.69, 9.17) is 29.2 Å². The van der Waals surface area contributed by atoms with E-state index in [-0.39, 0.29) is 31.1 Å². The number of amides is 1. The second-order valence-electron chi connectivity index (χ2n) is 13.4. The van der Waals surface area contributed by atoms with E-state index < -0.39 is 11.9 Å². The molecule has 4 aromatic rings. The highest BCUT2D eigenvalue weighted by Crippen LogP contribution is 2.35. The topological polar surface area (TPSA) is 191 Å². The number of aryl methyl sites for hydroxylation is 2. The molecule has 0 spiro atoms. The average Bonchev–Trinajstić information content (AvgIpc) is 3.21. The molecule has 0 aliphatic carbocycles. The van der Waals surface area contributed by atoms with Crippen molar-refractivity contribution in [1.29, 1.82) is 0 Å². The first-order valence-corrected chi connectivity index (χ1v) is 19.3. The van der Waals surface area contributed by atoms with Crippen LogP contribution in [-0.2, 0) is 39.8 Å². The maximum atomic E-state index is 13.0. The number of ether oxygens (including phenoxy) is 5. The molecule has 14 nitrogen and oxygen atoms in total. The third-order valence-electron chi connectivity index (χ3n) is 8.99. The predicted molar refractivity (Wildman–Crippen MR) is 216 cm³/mol. The lowest BCUT2D eigenvalue weighted by molar-refractivity contribution is -0.137. The van der Waals surface area contributed by atoms with Crippen molar-refractivity contribution in [2.45, 2.75) is 51.4 Å². The minimum absolute atomic E-state index is 0.00977. The SMILES string of the molecule is Cc1ccnc(CCCCC(=O)NCC(=O)C[C@@H](CC(=O)O)c2cccc(-c3cccc4c(OCCOCCOCCOCCOCCN=[N+]=[N-])cccc34)c2)c1. The average molecular weight is 784 g/mol. The number of aliphatic carboxylic acids is 1. The molecule has 0 unspecified atom stereocenters. The van der Waals surface area contributed by atoms with Gasteiger partial charge in [0, 0.05) is 47.5 Å². The molecule has 0 fully saturated rings. The van der Waals surface area contributed by atoms with Crippen LogP contribution >= 0.6 is 0 Å². The highest BCUT2D eigenvalue weighted by molar-refractivity contribution is 6.00. The molecule has 2 N–H and O–H groups in total. The molecule has 304 valence electrons. The summed E-state index contributed by atoms with van der Waals surface area (Å²) in [5.74, 6) is -1.28. The van der Waals surface area contributed by atoms with E-state index in [1.54, 1.807) is 6.20 Å². The summed E-state index contributed by atoms with van der Waals surface area (Å²) in [6.45, 7) is 5.84. The van der Waals surface area contributed by atoms with Crippen molar-refractivity contribution in [2.24, 2.45) is 5.11 Å². The van der Waals surface area contributed by atoms with Crippen molar-refractivity contribution < 1.29 is 43.2 Å². The second kappa shape index (κ2) is 25.7. The van der Waals surface area contributed by atoms with E-state index in [1.165, 1.54) is 0 Å². The van der Waals surface area contributed by atoms with Gasteiger partial charge in [0.25, 0.3) is 0 Å². The molecule has 0 saturated heterocycles. The quantitative estimate of drug-likeness (QED) is 0.0251. The fraction of sp³-hybridized carbons (Fsp3) is 0.442. The molecule has 4 rings (SSSR count). The zero-order chi connectivity index (χ0) is 40.5. The Morgan fingerprint density at radius 3 is 2.21 bits per heavy atom. The maximum Gasteiger partial charge on any atom is 0.303 e. The number of carboxylic acids is 1. The van der Waals surface area contributed by atoms with Crippen LogP contribution in [0.15, 0.2) is 84.1 Å². The van der Waals surface area contributed by atoms with Gasteiger partial charge in [0.05, 0.1) is 65.8 Å². The molecule has 0 bridgehead atoms. The summed E-state index contributed by atoms with van der Waals surface area (Å²) >= 11 is 0. The van der Waals surface area contributed by atoms with E-state index in [0.29, 0.717) is 84.6 Å². The van der Waals surface area contributed by atoms with Gasteiger partial charge in [-0.2, -0.15) is 0 Å². The summed E-state index contributed by atoms with van der Waals surface area (Å²) in [4.78, 5) is 44.4. The van der Waals surface area contributed by atoms with Crippen molar-refractivity contribution >= 4 is 28.4 Å². The summed E-state index contributed by atoms with van der Waals surface area (Å²) < 4.78 is 28.0. The van der Waals surface area contributed by atoms with Gasteiger partial charge in [-0.05, 0) is 77.6 Å². The third-order valence-corrected chi connectivity index (χ3v) is 8.99. The molecule has 3 aromatic carbocycles. The fourth-order valence-electron chi connectivity index (χ4n) is 6.22. The molecular weight excluding hydrogens is 730 g/mol. The molecular formula is C43H53N5O9. The number of rotatable bonds is 29. The lowest BCUT2D eigenvalue weighted by Crippen LogP contribution is -2.30. The van der Waals surface area contributed by atoms with Crippen LogP contribution in [0.3, 0.4) is 0 Å². The predicted octanol–water partition coefficient (Wildman–Crippen LogP) is 7.01. The number of carboxylic acid groups (broad SMARTS) is 1. The van der Waals surface area contributed by atoms with Gasteiger partial charge < -0.3 is 34.1 Å². The van der Waals surface area contributed by atoms with Crippen molar-refractivity contribution in [2.75, 3.05) is 72.6 Å². The summed E-state index contributed by atoms with van der Waals surface area (Å²) in [7, 11) is 0. The van der Waals surface area contributed by atoms with E-state index in [0.717, 1.165) is 51.6 Å². The van der Waals surface area contributed by atoms with E-state index >= 15 is 0 Å². The van der Waals surface area contributed by atoms with Crippen LogP contribution in [-0.4, -0.2) is 100 Å². The number of nitrogens with one attached hydrogen (secondary N) is 1. The molecule has 1 aromatic heterocycles. The zero-order valence-corrected chi connectivity index (χ0v) is 32.6. The highest BCUT2D eigenvalue weighted by Gasteiger charge is 2.21. The number of azide groups is 1. The number of unbranched alkanes of at least 4 members (excludes halogenated alkanes) is 1. The maximum absolute atomic E-state index is 13.0. The van der Waals surface area contributed by atoms with Crippen LogP contribution in [0.4, 0.5) is 0 Å². The first kappa shape index (κ1) is 44.3. The van der Waals surface area contributed by atoms with Gasteiger partial charge in [0.2, 0.25) is 5.91 Å². The van der Waals surface area contributed by atoms with Gasteiger partial charge in [0.1, 0.15) is 12.4 Å². The van der Waals surface area contributed by atoms with Gasteiger partial charge in [-0.1, -0.05) is 59.7 Å². The Morgan fingerprint density at radius 2 is 1.49 bits per heavy atom. The number of Topliss-reactive ketones (excluding diaryl/α,β-unsaturated/α-hetero) is 1. The number of fused-ring (bicyclic) bond motifs is 1. The van der Waals surface area contributed by atoms with Crippen LogP contribution in [0, 0.1) is 6.92 Å². The Balaban J connectivity index is 1.22. The van der Waals surface area contributed by atoms with E-state index in [1.807, 2.05) is 79.7 Å².